The standard InChI is InChI=1S/C23H16N4O5S/c28-19-13-15(9-10-17(19)22-25-18-6-1-2-7-20(18)32-22)24-23(33)26-21(29)11-8-14-4-3-5-16(12-14)27(30)31/h1-13,28H,(H2,24,26,29,33)/b11-8+. The lowest BCUT2D eigenvalue weighted by Gasteiger charge is -2.09. The average Bonchev–Trinajstić information content (AvgIpc) is 3.22. The molecule has 4 rings (SSSR count). The number of fused-ring (bicyclic) bond motifs is 1. The van der Waals surface area contributed by atoms with Crippen molar-refractivity contribution in [2.75, 3.05) is 5.32 Å². The zero-order valence-electron chi connectivity index (χ0n) is 16.9. The third kappa shape index (κ3) is 5.20. The number of nitrogens with zero attached hydrogens (tertiary/aromatic N) is 2. The summed E-state index contributed by atoms with van der Waals surface area (Å²) in [6.45, 7) is 0. The summed E-state index contributed by atoms with van der Waals surface area (Å²) in [6.07, 6.45) is 2.65. The number of anilines is 1. The van der Waals surface area contributed by atoms with Crippen LogP contribution in [0.4, 0.5) is 11.4 Å². The van der Waals surface area contributed by atoms with Gasteiger partial charge in [0.1, 0.15) is 11.3 Å². The van der Waals surface area contributed by atoms with E-state index in [9.17, 15) is 20.0 Å². The summed E-state index contributed by atoms with van der Waals surface area (Å²) in [6, 6.07) is 17.8. The highest BCUT2D eigenvalue weighted by molar-refractivity contribution is 7.80. The van der Waals surface area contributed by atoms with Gasteiger partial charge in [0, 0.05) is 30.0 Å². The predicted molar refractivity (Wildman–Crippen MR) is 128 cm³/mol. The zero-order valence-corrected chi connectivity index (χ0v) is 17.7. The monoisotopic (exact) mass is 460 g/mol. The van der Waals surface area contributed by atoms with Gasteiger partial charge in [0.25, 0.3) is 5.69 Å². The Kier molecular flexibility index (Phi) is 6.09. The van der Waals surface area contributed by atoms with Gasteiger partial charge in [0.05, 0.1) is 10.5 Å². The van der Waals surface area contributed by atoms with Crippen LogP contribution in [0.1, 0.15) is 5.56 Å². The predicted octanol–water partition coefficient (Wildman–Crippen LogP) is 4.64. The Balaban J connectivity index is 1.39. The second kappa shape index (κ2) is 9.28. The molecule has 0 radical (unpaired) electrons. The summed E-state index contributed by atoms with van der Waals surface area (Å²) < 4.78 is 5.67. The van der Waals surface area contributed by atoms with E-state index in [4.69, 9.17) is 16.6 Å². The minimum atomic E-state index is -0.522. The van der Waals surface area contributed by atoms with Gasteiger partial charge in [-0.05, 0) is 48.1 Å². The lowest BCUT2D eigenvalue weighted by molar-refractivity contribution is -0.384. The maximum atomic E-state index is 12.1. The Labute approximate surface area is 192 Å². The number of nitrogens with one attached hydrogen (secondary N) is 2. The van der Waals surface area contributed by atoms with Gasteiger partial charge in [-0.15, -0.1) is 0 Å². The van der Waals surface area contributed by atoms with Crippen LogP contribution >= 0.6 is 12.2 Å². The largest absolute Gasteiger partial charge is 0.507 e. The van der Waals surface area contributed by atoms with Crippen LogP contribution in [0.25, 0.3) is 28.6 Å². The first-order valence-corrected chi connectivity index (χ1v) is 10.0. The van der Waals surface area contributed by atoms with Gasteiger partial charge in [-0.1, -0.05) is 24.3 Å². The number of carbonyl (C=O) groups excluding carboxylic acids is 1. The molecular formula is C23H16N4O5S. The minimum absolute atomic E-state index is 0.0118. The number of aromatic hydroxyl groups is 1. The van der Waals surface area contributed by atoms with E-state index in [0.29, 0.717) is 27.9 Å². The normalized spacial score (nSPS) is 10.9. The smallest absolute Gasteiger partial charge is 0.270 e. The number of oxazole rings is 1. The van der Waals surface area contributed by atoms with E-state index in [2.05, 4.69) is 15.6 Å². The number of hydrogen-bond acceptors (Lipinski definition) is 7. The third-order valence-electron chi connectivity index (χ3n) is 4.52. The van der Waals surface area contributed by atoms with Crippen LogP contribution in [0.5, 0.6) is 5.75 Å². The first kappa shape index (κ1) is 21.7. The quantitative estimate of drug-likeness (QED) is 0.170. The number of thiocarbonyl (C=S) groups is 1. The fourth-order valence-electron chi connectivity index (χ4n) is 3.01. The fourth-order valence-corrected chi connectivity index (χ4v) is 3.23. The Bertz CT molecular complexity index is 1380. The second-order valence-electron chi connectivity index (χ2n) is 6.85. The molecule has 0 atom stereocenters. The number of nitro groups is 1. The molecule has 9 nitrogen and oxygen atoms in total. The van der Waals surface area contributed by atoms with Crippen molar-refractivity contribution in [3.8, 4) is 17.2 Å². The molecule has 10 heteroatoms. The number of amides is 1. The van der Waals surface area contributed by atoms with Crippen LogP contribution in [0.2, 0.25) is 0 Å². The van der Waals surface area contributed by atoms with Crippen LogP contribution < -0.4 is 10.6 Å². The molecule has 33 heavy (non-hydrogen) atoms. The number of nitro benzene ring substituents is 1. The summed E-state index contributed by atoms with van der Waals surface area (Å²) in [5.74, 6) is -0.319. The molecule has 0 bridgehead atoms. The Hall–Kier alpha value is -4.57. The van der Waals surface area contributed by atoms with Gasteiger partial charge >= 0.3 is 0 Å². The van der Waals surface area contributed by atoms with Crippen molar-refractivity contribution in [1.29, 1.82) is 0 Å². The van der Waals surface area contributed by atoms with Crippen molar-refractivity contribution in [2.45, 2.75) is 0 Å². The molecule has 4 aromatic rings. The van der Waals surface area contributed by atoms with E-state index in [-0.39, 0.29) is 22.4 Å². The van der Waals surface area contributed by atoms with Crippen molar-refractivity contribution in [3.63, 3.8) is 0 Å². The second-order valence-corrected chi connectivity index (χ2v) is 7.26. The summed E-state index contributed by atoms with van der Waals surface area (Å²) in [7, 11) is 0. The molecule has 0 spiro atoms. The van der Waals surface area contributed by atoms with Crippen molar-refractivity contribution in [1.82, 2.24) is 10.3 Å². The molecule has 0 saturated carbocycles. The number of carbonyl (C=O) groups is 1. The number of rotatable bonds is 5. The molecular weight excluding hydrogens is 444 g/mol. The summed E-state index contributed by atoms with van der Waals surface area (Å²) in [5, 5.41) is 26.5. The van der Waals surface area contributed by atoms with Crippen LogP contribution in [0, 0.1) is 10.1 Å². The third-order valence-corrected chi connectivity index (χ3v) is 4.73. The highest BCUT2D eigenvalue weighted by Gasteiger charge is 2.13. The highest BCUT2D eigenvalue weighted by atomic mass is 32.1. The molecule has 1 aromatic heterocycles. The van der Waals surface area contributed by atoms with Gasteiger partial charge < -0.3 is 14.8 Å². The Morgan fingerprint density at radius 3 is 2.70 bits per heavy atom. The van der Waals surface area contributed by atoms with Crippen molar-refractivity contribution < 1.29 is 19.2 Å². The van der Waals surface area contributed by atoms with Crippen LogP contribution in [0.15, 0.2) is 77.2 Å². The molecule has 164 valence electrons. The van der Waals surface area contributed by atoms with Gasteiger partial charge in [-0.2, -0.15) is 0 Å². The SMILES string of the molecule is O=C(/C=C/c1cccc([N+](=O)[O-])c1)NC(=S)Nc1ccc(-c2nc3ccccc3o2)c(O)c1. The van der Waals surface area contributed by atoms with E-state index in [1.165, 1.54) is 36.4 Å². The molecule has 3 aromatic carbocycles. The van der Waals surface area contributed by atoms with Crippen LogP contribution in [-0.2, 0) is 4.79 Å². The average molecular weight is 460 g/mol. The van der Waals surface area contributed by atoms with Gasteiger partial charge in [-0.3, -0.25) is 20.2 Å². The summed E-state index contributed by atoms with van der Waals surface area (Å²) in [5.41, 5.74) is 2.56. The van der Waals surface area contributed by atoms with Gasteiger partial charge in [0.15, 0.2) is 10.7 Å². The van der Waals surface area contributed by atoms with E-state index in [0.717, 1.165) is 0 Å². The number of phenolic OH excluding ortho intramolecular Hbond substituents is 1. The molecule has 0 fully saturated rings. The lowest BCUT2D eigenvalue weighted by Crippen LogP contribution is -2.32. The molecule has 3 N–H and O–H groups in total. The maximum absolute atomic E-state index is 12.1. The first-order valence-electron chi connectivity index (χ1n) is 9.62. The number of phenols is 1. The number of benzene rings is 3. The molecule has 0 aliphatic rings. The van der Waals surface area contributed by atoms with E-state index < -0.39 is 10.8 Å². The lowest BCUT2D eigenvalue weighted by atomic mass is 10.2. The van der Waals surface area contributed by atoms with Crippen LogP contribution in [-0.4, -0.2) is 26.0 Å². The van der Waals surface area contributed by atoms with Crippen molar-refractivity contribution in [2.24, 2.45) is 0 Å². The number of non-ortho nitro benzene ring substituents is 1. The molecule has 0 saturated heterocycles. The Morgan fingerprint density at radius 2 is 1.94 bits per heavy atom. The van der Waals surface area contributed by atoms with E-state index >= 15 is 0 Å². The number of hydrogen-bond donors (Lipinski definition) is 3. The molecule has 0 aliphatic heterocycles. The minimum Gasteiger partial charge on any atom is -0.507 e. The summed E-state index contributed by atoms with van der Waals surface area (Å²) in [4.78, 5) is 26.8. The van der Waals surface area contributed by atoms with E-state index in [1.54, 1.807) is 24.3 Å². The number of para-hydroxylation sites is 2. The maximum Gasteiger partial charge on any atom is 0.270 e. The molecule has 1 heterocycles. The Morgan fingerprint density at radius 1 is 1.12 bits per heavy atom. The topological polar surface area (TPSA) is 131 Å². The highest BCUT2D eigenvalue weighted by Crippen LogP contribution is 2.33. The van der Waals surface area contributed by atoms with Crippen molar-refractivity contribution >= 4 is 51.8 Å². The first-order chi connectivity index (χ1) is 15.9. The molecule has 0 aliphatic carbocycles. The van der Waals surface area contributed by atoms with Crippen LogP contribution in [0.3, 0.4) is 0 Å². The summed E-state index contributed by atoms with van der Waals surface area (Å²) >= 11 is 5.13. The van der Waals surface area contributed by atoms with Gasteiger partial charge in [-0.25, -0.2) is 4.98 Å². The molecule has 0 unspecified atom stereocenters. The zero-order chi connectivity index (χ0) is 23.4. The van der Waals surface area contributed by atoms with Crippen molar-refractivity contribution in [3.05, 3.63) is 88.5 Å². The number of aromatic nitrogens is 1. The fraction of sp³-hybridized carbons (Fsp3) is 0. The molecule has 1 amide bonds. The van der Waals surface area contributed by atoms with Gasteiger partial charge in [0.2, 0.25) is 11.8 Å². The van der Waals surface area contributed by atoms with E-state index in [1.807, 2.05) is 18.2 Å².